The molecular formula is C19H20N2O4. The first kappa shape index (κ1) is 17.0. The molecule has 25 heavy (non-hydrogen) atoms. The predicted octanol–water partition coefficient (Wildman–Crippen LogP) is 2.22. The van der Waals surface area contributed by atoms with E-state index in [0.29, 0.717) is 37.6 Å². The van der Waals surface area contributed by atoms with Crippen molar-refractivity contribution in [3.05, 3.63) is 65.2 Å². The zero-order valence-electron chi connectivity index (χ0n) is 14.0. The number of rotatable bonds is 4. The highest BCUT2D eigenvalue weighted by atomic mass is 16.5. The maximum atomic E-state index is 12.8. The third kappa shape index (κ3) is 4.36. The average molecular weight is 340 g/mol. The lowest BCUT2D eigenvalue weighted by atomic mass is 10.1. The molecule has 0 bridgehead atoms. The highest BCUT2D eigenvalue weighted by Gasteiger charge is 2.23. The lowest BCUT2D eigenvalue weighted by Crippen LogP contribution is -2.44. The molecule has 130 valence electrons. The van der Waals surface area contributed by atoms with Gasteiger partial charge >= 0.3 is 0 Å². The molecule has 0 atom stereocenters. The topological polar surface area (TPSA) is 71.8 Å². The molecule has 1 aliphatic rings. The largest absolute Gasteiger partial charge is 0.465 e. The minimum atomic E-state index is -0.334. The van der Waals surface area contributed by atoms with Crippen molar-refractivity contribution in [1.29, 1.82) is 0 Å². The van der Waals surface area contributed by atoms with Crippen LogP contribution in [0.5, 0.6) is 0 Å². The molecule has 2 heterocycles. The van der Waals surface area contributed by atoms with E-state index in [4.69, 9.17) is 9.15 Å². The van der Waals surface area contributed by atoms with E-state index in [9.17, 15) is 9.59 Å². The van der Waals surface area contributed by atoms with E-state index in [1.807, 2.05) is 19.1 Å². The molecule has 1 fully saturated rings. The van der Waals surface area contributed by atoms with E-state index in [2.05, 4.69) is 5.32 Å². The van der Waals surface area contributed by atoms with Crippen LogP contribution in [0.4, 0.5) is 0 Å². The number of amides is 2. The zero-order valence-corrected chi connectivity index (χ0v) is 14.0. The Hall–Kier alpha value is -2.86. The number of hydrogen-bond acceptors (Lipinski definition) is 4. The molecule has 3 rings (SSSR count). The fraction of sp³-hybridized carbons (Fsp3) is 0.263. The van der Waals surface area contributed by atoms with Crippen LogP contribution in [0.1, 0.15) is 21.7 Å². The molecule has 0 radical (unpaired) electrons. The average Bonchev–Trinajstić information content (AvgIpc) is 3.15. The lowest BCUT2D eigenvalue weighted by molar-refractivity contribution is -0.131. The Morgan fingerprint density at radius 2 is 1.84 bits per heavy atom. The van der Waals surface area contributed by atoms with E-state index < -0.39 is 0 Å². The highest BCUT2D eigenvalue weighted by Crippen LogP contribution is 2.11. The van der Waals surface area contributed by atoms with Crippen LogP contribution < -0.4 is 5.32 Å². The molecule has 0 saturated carbocycles. The van der Waals surface area contributed by atoms with Gasteiger partial charge in [0, 0.05) is 24.7 Å². The van der Waals surface area contributed by atoms with Crippen molar-refractivity contribution in [3.8, 4) is 0 Å². The van der Waals surface area contributed by atoms with Crippen LogP contribution >= 0.6 is 0 Å². The number of carbonyl (C=O) groups is 2. The Kier molecular flexibility index (Phi) is 5.30. The summed E-state index contributed by atoms with van der Waals surface area (Å²) in [5.74, 6) is -0.0830. The molecule has 6 heteroatoms. The Morgan fingerprint density at radius 1 is 1.12 bits per heavy atom. The third-order valence-corrected chi connectivity index (χ3v) is 3.92. The minimum absolute atomic E-state index is 0.183. The lowest BCUT2D eigenvalue weighted by Gasteiger charge is -2.27. The van der Waals surface area contributed by atoms with Gasteiger partial charge in [0.25, 0.3) is 11.8 Å². The summed E-state index contributed by atoms with van der Waals surface area (Å²) in [4.78, 5) is 27.0. The summed E-state index contributed by atoms with van der Waals surface area (Å²) in [7, 11) is 0. The normalized spacial score (nSPS) is 15.1. The van der Waals surface area contributed by atoms with Crippen LogP contribution in [0, 0.1) is 6.92 Å². The number of morpholine rings is 1. The quantitative estimate of drug-likeness (QED) is 0.866. The molecule has 1 aromatic carbocycles. The summed E-state index contributed by atoms with van der Waals surface area (Å²) >= 11 is 0. The number of ether oxygens (including phenoxy) is 1. The summed E-state index contributed by atoms with van der Waals surface area (Å²) < 4.78 is 10.6. The number of nitrogens with zero attached hydrogens (tertiary/aromatic N) is 1. The summed E-state index contributed by atoms with van der Waals surface area (Å²) in [6.45, 7) is 3.92. The molecule has 6 nitrogen and oxygen atoms in total. The summed E-state index contributed by atoms with van der Waals surface area (Å²) in [5.41, 5.74) is 1.74. The van der Waals surface area contributed by atoms with Crippen molar-refractivity contribution in [1.82, 2.24) is 10.2 Å². The smallest absolute Gasteiger partial charge is 0.270 e. The first-order valence-corrected chi connectivity index (χ1v) is 8.14. The SMILES string of the molecule is Cc1ccc(C(=O)N/C(=C\c2ccco2)C(=O)N2CCOCC2)cc1. The fourth-order valence-electron chi connectivity index (χ4n) is 2.50. The van der Waals surface area contributed by atoms with E-state index >= 15 is 0 Å². The zero-order chi connectivity index (χ0) is 17.6. The van der Waals surface area contributed by atoms with Gasteiger partial charge in [-0.2, -0.15) is 0 Å². The summed E-state index contributed by atoms with van der Waals surface area (Å²) in [6.07, 6.45) is 3.06. The molecule has 0 spiro atoms. The Balaban J connectivity index is 1.82. The number of hydrogen-bond donors (Lipinski definition) is 1. The van der Waals surface area contributed by atoms with Gasteiger partial charge in [-0.15, -0.1) is 0 Å². The van der Waals surface area contributed by atoms with Crippen LogP contribution in [0.2, 0.25) is 0 Å². The van der Waals surface area contributed by atoms with Crippen molar-refractivity contribution in [2.75, 3.05) is 26.3 Å². The second-order valence-electron chi connectivity index (χ2n) is 5.80. The molecule has 0 unspecified atom stereocenters. The van der Waals surface area contributed by atoms with Gasteiger partial charge in [-0.1, -0.05) is 17.7 Å². The van der Waals surface area contributed by atoms with Gasteiger partial charge in [-0.3, -0.25) is 9.59 Å². The van der Waals surface area contributed by atoms with E-state index in [1.54, 1.807) is 35.2 Å². The second-order valence-corrected chi connectivity index (χ2v) is 5.80. The molecule has 1 saturated heterocycles. The minimum Gasteiger partial charge on any atom is -0.465 e. The number of furan rings is 1. The molecular weight excluding hydrogens is 320 g/mol. The molecule has 1 aliphatic heterocycles. The first-order valence-electron chi connectivity index (χ1n) is 8.14. The molecule has 0 aliphatic carbocycles. The molecule has 1 aromatic heterocycles. The van der Waals surface area contributed by atoms with Crippen LogP contribution in [0.25, 0.3) is 6.08 Å². The first-order chi connectivity index (χ1) is 12.1. The van der Waals surface area contributed by atoms with Gasteiger partial charge in [0.05, 0.1) is 19.5 Å². The van der Waals surface area contributed by atoms with E-state index in [0.717, 1.165) is 5.56 Å². The highest BCUT2D eigenvalue weighted by molar-refractivity contribution is 6.05. The van der Waals surface area contributed by atoms with Gasteiger partial charge < -0.3 is 19.4 Å². The number of carbonyl (C=O) groups excluding carboxylic acids is 2. The Bertz CT molecular complexity index is 757. The van der Waals surface area contributed by atoms with Gasteiger partial charge in [0.2, 0.25) is 0 Å². The Morgan fingerprint density at radius 3 is 2.48 bits per heavy atom. The Labute approximate surface area is 146 Å². The summed E-state index contributed by atoms with van der Waals surface area (Å²) in [6, 6.07) is 10.6. The van der Waals surface area contributed by atoms with Gasteiger partial charge in [0.15, 0.2) is 0 Å². The second kappa shape index (κ2) is 7.81. The van der Waals surface area contributed by atoms with Gasteiger partial charge in [-0.25, -0.2) is 0 Å². The molecule has 2 amide bonds. The number of nitrogens with one attached hydrogen (secondary N) is 1. The van der Waals surface area contributed by atoms with E-state index in [-0.39, 0.29) is 17.5 Å². The summed E-state index contributed by atoms with van der Waals surface area (Å²) in [5, 5.41) is 2.72. The molecule has 2 aromatic rings. The maximum Gasteiger partial charge on any atom is 0.270 e. The van der Waals surface area contributed by atoms with Crippen molar-refractivity contribution in [3.63, 3.8) is 0 Å². The number of benzene rings is 1. The van der Waals surface area contributed by atoms with E-state index in [1.165, 1.54) is 6.26 Å². The van der Waals surface area contributed by atoms with Crippen LogP contribution in [0.3, 0.4) is 0 Å². The fourth-order valence-corrected chi connectivity index (χ4v) is 2.50. The maximum absolute atomic E-state index is 12.8. The molecule has 1 N–H and O–H groups in total. The standard InChI is InChI=1S/C19H20N2O4/c1-14-4-6-15(7-5-14)18(22)20-17(13-16-3-2-10-25-16)19(23)21-8-11-24-12-9-21/h2-7,10,13H,8-9,11-12H2,1H3,(H,20,22)/b17-13-. The van der Waals surface area contributed by atoms with Crippen LogP contribution in [0.15, 0.2) is 52.8 Å². The van der Waals surface area contributed by atoms with Gasteiger partial charge in [-0.05, 0) is 31.2 Å². The monoisotopic (exact) mass is 340 g/mol. The third-order valence-electron chi connectivity index (χ3n) is 3.92. The number of aryl methyl sites for hydroxylation is 1. The van der Waals surface area contributed by atoms with Crippen molar-refractivity contribution >= 4 is 17.9 Å². The van der Waals surface area contributed by atoms with Crippen LogP contribution in [-0.4, -0.2) is 43.0 Å². The van der Waals surface area contributed by atoms with Crippen molar-refractivity contribution in [2.24, 2.45) is 0 Å². The van der Waals surface area contributed by atoms with Crippen molar-refractivity contribution < 1.29 is 18.7 Å². The predicted molar refractivity (Wildman–Crippen MR) is 92.7 cm³/mol. The van der Waals surface area contributed by atoms with Gasteiger partial charge in [0.1, 0.15) is 11.5 Å². The van der Waals surface area contributed by atoms with Crippen LogP contribution in [-0.2, 0) is 9.53 Å². The van der Waals surface area contributed by atoms with Crippen molar-refractivity contribution in [2.45, 2.75) is 6.92 Å².